The van der Waals surface area contributed by atoms with Gasteiger partial charge in [0.2, 0.25) is 0 Å². The van der Waals surface area contributed by atoms with Crippen molar-refractivity contribution < 1.29 is 0 Å². The van der Waals surface area contributed by atoms with Crippen LogP contribution in [0.3, 0.4) is 0 Å². The van der Waals surface area contributed by atoms with E-state index in [0.717, 1.165) is 5.56 Å². The van der Waals surface area contributed by atoms with Crippen LogP contribution in [0.2, 0.25) is 10.0 Å². The lowest BCUT2D eigenvalue weighted by Crippen LogP contribution is -2.25. The summed E-state index contributed by atoms with van der Waals surface area (Å²) in [6.07, 6.45) is 0. The fraction of sp³-hybridized carbons (Fsp3) is 0.0345. The van der Waals surface area contributed by atoms with Gasteiger partial charge in [-0.3, -0.25) is 0 Å². The van der Waals surface area contributed by atoms with Crippen LogP contribution in [0.25, 0.3) is 33.0 Å². The Morgan fingerprint density at radius 2 is 1.06 bits per heavy atom. The van der Waals surface area contributed by atoms with Crippen molar-refractivity contribution in [3.63, 3.8) is 0 Å². The Bertz CT molecular complexity index is 1560. The third-order valence-corrected chi connectivity index (χ3v) is 7.84. The van der Waals surface area contributed by atoms with Crippen LogP contribution in [0.1, 0.15) is 22.3 Å². The molecule has 0 nitrogen and oxygen atoms in total. The number of rotatable bonds is 0. The summed E-state index contributed by atoms with van der Waals surface area (Å²) >= 11 is 13.3. The molecule has 5 aromatic carbocycles. The minimum atomic E-state index is -0.393. The molecular formula is C29H16Cl2. The molecule has 146 valence electrons. The zero-order valence-corrected chi connectivity index (χ0v) is 18.0. The number of fused-ring (bicyclic) bond motifs is 12. The molecule has 2 heteroatoms. The molecule has 0 aromatic heterocycles. The highest BCUT2D eigenvalue weighted by Crippen LogP contribution is 2.64. The standard InChI is InChI=1S/C29H16Cl2/c30-25-16-15-24-27(28(25)31)20-10-4-6-12-22(20)29(24)21-11-5-3-9-19(21)26-18-8-2-1-7-17(18)13-14-23(26)29/h1-16H. The van der Waals surface area contributed by atoms with Crippen LogP contribution in [0.15, 0.2) is 97.1 Å². The lowest BCUT2D eigenvalue weighted by molar-refractivity contribution is 0.794. The molecule has 5 aromatic rings. The van der Waals surface area contributed by atoms with Crippen LogP contribution >= 0.6 is 23.2 Å². The highest BCUT2D eigenvalue weighted by molar-refractivity contribution is 6.44. The zero-order chi connectivity index (χ0) is 20.7. The lowest BCUT2D eigenvalue weighted by Gasteiger charge is -2.30. The molecule has 0 saturated heterocycles. The fourth-order valence-corrected chi connectivity index (χ4v) is 6.35. The molecule has 1 unspecified atom stereocenters. The molecular weight excluding hydrogens is 419 g/mol. The summed E-state index contributed by atoms with van der Waals surface area (Å²) in [7, 11) is 0. The third kappa shape index (κ3) is 1.98. The van der Waals surface area contributed by atoms with E-state index in [1.165, 1.54) is 49.7 Å². The van der Waals surface area contributed by atoms with Crippen molar-refractivity contribution >= 4 is 34.0 Å². The maximum Gasteiger partial charge on any atom is 0.0726 e. The van der Waals surface area contributed by atoms with Crippen LogP contribution < -0.4 is 0 Å². The van der Waals surface area contributed by atoms with Gasteiger partial charge in [0.25, 0.3) is 0 Å². The number of hydrogen-bond acceptors (Lipinski definition) is 0. The van der Waals surface area contributed by atoms with Crippen molar-refractivity contribution in [3.8, 4) is 22.3 Å². The van der Waals surface area contributed by atoms with Gasteiger partial charge in [0.15, 0.2) is 0 Å². The molecule has 31 heavy (non-hydrogen) atoms. The summed E-state index contributed by atoms with van der Waals surface area (Å²) in [6, 6.07) is 34.8. The Labute approximate surface area is 190 Å². The van der Waals surface area contributed by atoms with Crippen molar-refractivity contribution in [2.45, 2.75) is 5.41 Å². The smallest absolute Gasteiger partial charge is 0.0726 e. The Morgan fingerprint density at radius 1 is 0.484 bits per heavy atom. The first kappa shape index (κ1) is 17.6. The van der Waals surface area contributed by atoms with Gasteiger partial charge in [0, 0.05) is 5.56 Å². The summed E-state index contributed by atoms with van der Waals surface area (Å²) in [6.45, 7) is 0. The molecule has 1 spiro atoms. The Balaban J connectivity index is 1.75. The molecule has 0 saturated carbocycles. The molecule has 2 aliphatic rings. The number of benzene rings is 5. The van der Waals surface area contributed by atoms with E-state index in [0.29, 0.717) is 10.0 Å². The Kier molecular flexibility index (Phi) is 3.41. The molecule has 0 fully saturated rings. The van der Waals surface area contributed by atoms with E-state index in [2.05, 4.69) is 91.0 Å². The summed E-state index contributed by atoms with van der Waals surface area (Å²) in [5.41, 5.74) is 9.56. The quantitative estimate of drug-likeness (QED) is 0.224. The van der Waals surface area contributed by atoms with Crippen LogP contribution in [0, 0.1) is 0 Å². The summed E-state index contributed by atoms with van der Waals surface area (Å²) in [4.78, 5) is 0. The highest BCUT2D eigenvalue weighted by atomic mass is 35.5. The molecule has 1 atom stereocenters. The number of hydrogen-bond donors (Lipinski definition) is 0. The molecule has 0 bridgehead atoms. The largest absolute Gasteiger partial charge is 0.0827 e. The van der Waals surface area contributed by atoms with Gasteiger partial charge in [-0.1, -0.05) is 114 Å². The highest BCUT2D eigenvalue weighted by Gasteiger charge is 2.52. The Hall–Kier alpha value is -3.06. The van der Waals surface area contributed by atoms with Gasteiger partial charge in [0.05, 0.1) is 15.5 Å². The van der Waals surface area contributed by atoms with Gasteiger partial charge in [0.1, 0.15) is 0 Å². The minimum Gasteiger partial charge on any atom is -0.0827 e. The first-order valence-electron chi connectivity index (χ1n) is 10.4. The normalized spacial score (nSPS) is 17.5. The van der Waals surface area contributed by atoms with E-state index in [1.54, 1.807) is 0 Å². The van der Waals surface area contributed by atoms with Gasteiger partial charge in [-0.05, 0) is 55.8 Å². The van der Waals surface area contributed by atoms with Crippen LogP contribution in [-0.4, -0.2) is 0 Å². The van der Waals surface area contributed by atoms with Gasteiger partial charge >= 0.3 is 0 Å². The van der Waals surface area contributed by atoms with Crippen molar-refractivity contribution in [3.05, 3.63) is 129 Å². The van der Waals surface area contributed by atoms with E-state index in [1.807, 2.05) is 6.07 Å². The molecule has 0 amide bonds. The van der Waals surface area contributed by atoms with Crippen molar-refractivity contribution in [2.75, 3.05) is 0 Å². The van der Waals surface area contributed by atoms with E-state index < -0.39 is 5.41 Å². The SMILES string of the molecule is Clc1ccc2c(c1Cl)-c1ccccc1C21c2ccccc2-c2c1ccc1ccccc21. The molecule has 0 N–H and O–H groups in total. The first-order chi connectivity index (χ1) is 15.2. The third-order valence-electron chi connectivity index (χ3n) is 7.03. The van der Waals surface area contributed by atoms with Gasteiger partial charge in [-0.25, -0.2) is 0 Å². The second-order valence-corrected chi connectivity index (χ2v) is 9.12. The predicted octanol–water partition coefficient (Wildman–Crippen LogP) is 8.49. The second-order valence-electron chi connectivity index (χ2n) is 8.33. The van der Waals surface area contributed by atoms with E-state index in [9.17, 15) is 0 Å². The number of halogens is 2. The summed E-state index contributed by atoms with van der Waals surface area (Å²) in [5.74, 6) is 0. The maximum atomic E-state index is 6.85. The van der Waals surface area contributed by atoms with Crippen molar-refractivity contribution in [1.82, 2.24) is 0 Å². The Morgan fingerprint density at radius 3 is 1.84 bits per heavy atom. The molecule has 0 heterocycles. The van der Waals surface area contributed by atoms with E-state index >= 15 is 0 Å². The average molecular weight is 435 g/mol. The summed E-state index contributed by atoms with van der Waals surface area (Å²) < 4.78 is 0. The lowest BCUT2D eigenvalue weighted by atomic mass is 9.70. The summed E-state index contributed by atoms with van der Waals surface area (Å²) in [5, 5.41) is 3.77. The van der Waals surface area contributed by atoms with Gasteiger partial charge < -0.3 is 0 Å². The van der Waals surface area contributed by atoms with Crippen LogP contribution in [0.4, 0.5) is 0 Å². The van der Waals surface area contributed by atoms with Crippen LogP contribution in [0.5, 0.6) is 0 Å². The molecule has 7 rings (SSSR count). The zero-order valence-electron chi connectivity index (χ0n) is 16.5. The predicted molar refractivity (Wildman–Crippen MR) is 130 cm³/mol. The topological polar surface area (TPSA) is 0 Å². The van der Waals surface area contributed by atoms with Crippen molar-refractivity contribution in [1.29, 1.82) is 0 Å². The van der Waals surface area contributed by atoms with E-state index in [4.69, 9.17) is 23.2 Å². The molecule has 2 aliphatic carbocycles. The van der Waals surface area contributed by atoms with Gasteiger partial charge in [-0.2, -0.15) is 0 Å². The first-order valence-corrected chi connectivity index (χ1v) is 11.2. The minimum absolute atomic E-state index is 0.393. The second kappa shape index (κ2) is 6.01. The fourth-order valence-electron chi connectivity index (χ4n) is 5.93. The van der Waals surface area contributed by atoms with E-state index in [-0.39, 0.29) is 0 Å². The maximum absolute atomic E-state index is 6.85. The monoisotopic (exact) mass is 434 g/mol. The molecule has 0 aliphatic heterocycles. The molecule has 0 radical (unpaired) electrons. The average Bonchev–Trinajstić information content (AvgIpc) is 3.29. The van der Waals surface area contributed by atoms with Gasteiger partial charge in [-0.15, -0.1) is 0 Å². The van der Waals surface area contributed by atoms with Crippen LogP contribution in [-0.2, 0) is 5.41 Å². The van der Waals surface area contributed by atoms with Crippen molar-refractivity contribution in [2.24, 2.45) is 0 Å².